The second kappa shape index (κ2) is 8.08. The van der Waals surface area contributed by atoms with Gasteiger partial charge >= 0.3 is 8.80 Å². The Hall–Kier alpha value is -1.18. The van der Waals surface area contributed by atoms with Gasteiger partial charge < -0.3 is 18.0 Å². The van der Waals surface area contributed by atoms with E-state index in [2.05, 4.69) is 15.9 Å². The number of benzene rings is 2. The van der Waals surface area contributed by atoms with Crippen LogP contribution in [0.4, 0.5) is 0 Å². The lowest BCUT2D eigenvalue weighted by Gasteiger charge is -2.27. The van der Waals surface area contributed by atoms with Crippen LogP contribution in [0.5, 0.6) is 5.75 Å². The van der Waals surface area contributed by atoms with E-state index in [1.54, 1.807) is 21.3 Å². The van der Waals surface area contributed by atoms with Gasteiger partial charge in [0.05, 0.1) is 9.66 Å². The van der Waals surface area contributed by atoms with Crippen LogP contribution in [0, 0.1) is 6.92 Å². The molecule has 0 aromatic heterocycles. The van der Waals surface area contributed by atoms with Crippen LogP contribution < -0.4 is 9.92 Å². The molecule has 2 aromatic carbocycles. The van der Waals surface area contributed by atoms with Crippen molar-refractivity contribution in [1.82, 2.24) is 0 Å². The SMILES string of the molecule is CO[Si](OC)(OC)c1cc(C)cc(Br)c1OCc1ccccc1. The maximum Gasteiger partial charge on any atom is 0.540 e. The molecular weight excluding hydrogens is 376 g/mol. The summed E-state index contributed by atoms with van der Waals surface area (Å²) < 4.78 is 23.8. The Labute approximate surface area is 146 Å². The Balaban J connectivity index is 2.41. The van der Waals surface area contributed by atoms with E-state index >= 15 is 0 Å². The van der Waals surface area contributed by atoms with E-state index in [9.17, 15) is 0 Å². The molecule has 0 aliphatic carbocycles. The topological polar surface area (TPSA) is 36.9 Å². The molecule has 0 heterocycles. The summed E-state index contributed by atoms with van der Waals surface area (Å²) >= 11 is 3.58. The molecule has 0 saturated heterocycles. The Bertz CT molecular complexity index is 636. The van der Waals surface area contributed by atoms with E-state index in [0.29, 0.717) is 12.4 Å². The molecule has 124 valence electrons. The summed E-state index contributed by atoms with van der Waals surface area (Å²) in [6, 6.07) is 14.0. The van der Waals surface area contributed by atoms with Gasteiger partial charge in [0.1, 0.15) is 12.4 Å². The van der Waals surface area contributed by atoms with Crippen molar-refractivity contribution in [1.29, 1.82) is 0 Å². The highest BCUT2D eigenvalue weighted by Gasteiger charge is 2.44. The van der Waals surface area contributed by atoms with Gasteiger partial charge in [-0.05, 0) is 46.1 Å². The Morgan fingerprint density at radius 3 is 2.13 bits per heavy atom. The van der Waals surface area contributed by atoms with Crippen LogP contribution in [0.1, 0.15) is 11.1 Å². The van der Waals surface area contributed by atoms with Crippen molar-refractivity contribution in [2.24, 2.45) is 0 Å². The molecule has 2 rings (SSSR count). The Kier molecular flexibility index (Phi) is 6.38. The summed E-state index contributed by atoms with van der Waals surface area (Å²) in [5.41, 5.74) is 2.16. The van der Waals surface area contributed by atoms with Crippen molar-refractivity contribution >= 4 is 29.9 Å². The van der Waals surface area contributed by atoms with Gasteiger partial charge in [-0.15, -0.1) is 0 Å². The van der Waals surface area contributed by atoms with Crippen molar-refractivity contribution in [2.75, 3.05) is 21.3 Å². The van der Waals surface area contributed by atoms with Crippen LogP contribution in [0.15, 0.2) is 46.9 Å². The van der Waals surface area contributed by atoms with Gasteiger partial charge in [0.2, 0.25) is 0 Å². The molecule has 0 radical (unpaired) electrons. The molecule has 0 saturated carbocycles. The third kappa shape index (κ3) is 4.02. The quantitative estimate of drug-likeness (QED) is 0.671. The third-order valence-corrected chi connectivity index (χ3v) is 6.78. The molecule has 0 atom stereocenters. The standard InChI is InChI=1S/C17H21BrO4Si/c1-13-10-15(18)17(22-12-14-8-6-5-7-9-14)16(11-13)23(19-2,20-3)21-4/h5-11H,12H2,1-4H3. The van der Waals surface area contributed by atoms with Gasteiger partial charge in [-0.3, -0.25) is 0 Å². The smallest absolute Gasteiger partial charge is 0.488 e. The molecular formula is C17H21BrO4Si. The van der Waals surface area contributed by atoms with Gasteiger partial charge in [-0.1, -0.05) is 30.3 Å². The molecule has 4 nitrogen and oxygen atoms in total. The lowest BCUT2D eigenvalue weighted by atomic mass is 10.2. The monoisotopic (exact) mass is 396 g/mol. The van der Waals surface area contributed by atoms with Gasteiger partial charge in [-0.25, -0.2) is 0 Å². The van der Waals surface area contributed by atoms with E-state index in [4.69, 9.17) is 18.0 Å². The lowest BCUT2D eigenvalue weighted by molar-refractivity contribution is 0.139. The second-order valence-corrected chi connectivity index (χ2v) is 8.80. The minimum atomic E-state index is -2.99. The number of halogens is 1. The molecule has 0 unspecified atom stereocenters. The van der Waals surface area contributed by atoms with E-state index in [0.717, 1.165) is 20.8 Å². The molecule has 0 fully saturated rings. The van der Waals surface area contributed by atoms with Gasteiger partial charge in [-0.2, -0.15) is 0 Å². The first-order chi connectivity index (χ1) is 11.1. The average Bonchev–Trinajstić information content (AvgIpc) is 2.57. The van der Waals surface area contributed by atoms with E-state index < -0.39 is 8.80 Å². The van der Waals surface area contributed by atoms with Crippen molar-refractivity contribution in [3.63, 3.8) is 0 Å². The van der Waals surface area contributed by atoms with Crippen molar-refractivity contribution in [2.45, 2.75) is 13.5 Å². The molecule has 0 aliphatic rings. The number of ether oxygens (including phenoxy) is 1. The lowest BCUT2D eigenvalue weighted by Crippen LogP contribution is -2.55. The fourth-order valence-electron chi connectivity index (χ4n) is 2.41. The summed E-state index contributed by atoms with van der Waals surface area (Å²) in [7, 11) is 1.79. The van der Waals surface area contributed by atoms with Crippen LogP contribution in [0.3, 0.4) is 0 Å². The summed E-state index contributed by atoms with van der Waals surface area (Å²) in [6.45, 7) is 2.46. The highest BCUT2D eigenvalue weighted by atomic mass is 79.9. The third-order valence-electron chi connectivity index (χ3n) is 3.55. The zero-order valence-corrected chi connectivity index (χ0v) is 16.3. The molecule has 23 heavy (non-hydrogen) atoms. The number of aryl methyl sites for hydroxylation is 1. The maximum absolute atomic E-state index is 6.07. The molecule has 0 amide bonds. The minimum Gasteiger partial charge on any atom is -0.488 e. The number of rotatable bonds is 7. The fourth-order valence-corrected chi connectivity index (χ4v) is 5.33. The molecule has 0 bridgehead atoms. The Morgan fingerprint density at radius 1 is 0.957 bits per heavy atom. The summed E-state index contributed by atoms with van der Waals surface area (Å²) in [4.78, 5) is 0. The van der Waals surface area contributed by atoms with Crippen LogP contribution in [0.25, 0.3) is 0 Å². The second-order valence-electron chi connectivity index (χ2n) is 5.07. The number of hydrogen-bond acceptors (Lipinski definition) is 4. The van der Waals surface area contributed by atoms with Crippen LogP contribution in [-0.2, 0) is 19.9 Å². The predicted octanol–water partition coefficient (Wildman–Crippen LogP) is 3.42. The van der Waals surface area contributed by atoms with E-state index in [1.165, 1.54) is 0 Å². The summed E-state index contributed by atoms with van der Waals surface area (Å²) in [6.07, 6.45) is 0. The molecule has 2 aromatic rings. The summed E-state index contributed by atoms with van der Waals surface area (Å²) in [5.74, 6) is 0.691. The van der Waals surface area contributed by atoms with Gasteiger partial charge in [0.15, 0.2) is 0 Å². The highest BCUT2D eigenvalue weighted by Crippen LogP contribution is 2.28. The zero-order chi connectivity index (χ0) is 16.9. The normalized spacial score (nSPS) is 11.5. The van der Waals surface area contributed by atoms with Crippen molar-refractivity contribution in [3.8, 4) is 5.75 Å². The first kappa shape index (κ1) is 18.2. The van der Waals surface area contributed by atoms with E-state index in [1.807, 2.05) is 49.4 Å². The van der Waals surface area contributed by atoms with Crippen molar-refractivity contribution < 1.29 is 18.0 Å². The van der Waals surface area contributed by atoms with Crippen LogP contribution >= 0.6 is 15.9 Å². The zero-order valence-electron chi connectivity index (χ0n) is 13.8. The van der Waals surface area contributed by atoms with Crippen molar-refractivity contribution in [3.05, 3.63) is 58.1 Å². The molecule has 0 spiro atoms. The van der Waals surface area contributed by atoms with Gasteiger partial charge in [0, 0.05) is 21.3 Å². The van der Waals surface area contributed by atoms with Gasteiger partial charge in [0.25, 0.3) is 0 Å². The first-order valence-corrected chi connectivity index (χ1v) is 9.71. The van der Waals surface area contributed by atoms with Crippen LogP contribution in [0.2, 0.25) is 0 Å². The molecule has 6 heteroatoms. The predicted molar refractivity (Wildman–Crippen MR) is 96.1 cm³/mol. The minimum absolute atomic E-state index is 0.455. The first-order valence-electron chi connectivity index (χ1n) is 7.19. The molecule has 0 N–H and O–H groups in total. The summed E-state index contributed by atoms with van der Waals surface area (Å²) in [5, 5.41) is 0.813. The Morgan fingerprint density at radius 2 is 1.57 bits per heavy atom. The average molecular weight is 397 g/mol. The molecule has 0 aliphatic heterocycles. The number of hydrogen-bond donors (Lipinski definition) is 0. The maximum atomic E-state index is 6.07. The van der Waals surface area contributed by atoms with Crippen LogP contribution in [-0.4, -0.2) is 30.1 Å². The van der Waals surface area contributed by atoms with E-state index in [-0.39, 0.29) is 0 Å². The highest BCUT2D eigenvalue weighted by molar-refractivity contribution is 9.10. The largest absolute Gasteiger partial charge is 0.540 e. The fraction of sp³-hybridized carbons (Fsp3) is 0.294.